The van der Waals surface area contributed by atoms with Gasteiger partial charge in [-0.3, -0.25) is 9.48 Å². The van der Waals surface area contributed by atoms with E-state index in [2.05, 4.69) is 30.9 Å². The molecule has 28 heavy (non-hydrogen) atoms. The van der Waals surface area contributed by atoms with Crippen LogP contribution in [0.1, 0.15) is 29.2 Å². The molecule has 10 heteroatoms. The van der Waals surface area contributed by atoms with E-state index in [9.17, 15) is 4.79 Å². The van der Waals surface area contributed by atoms with Crippen LogP contribution in [-0.2, 0) is 7.05 Å². The third kappa shape index (κ3) is 3.58. The third-order valence-electron chi connectivity index (χ3n) is 4.69. The number of methoxy groups -OCH3 is 1. The van der Waals surface area contributed by atoms with Crippen LogP contribution in [0.2, 0.25) is 0 Å². The van der Waals surface area contributed by atoms with Crippen molar-refractivity contribution in [1.82, 2.24) is 34.8 Å². The number of aryl methyl sites for hydroxylation is 1. The van der Waals surface area contributed by atoms with Gasteiger partial charge in [0.1, 0.15) is 23.4 Å². The minimum atomic E-state index is -0.340. The number of piperidine rings is 1. The molecule has 146 valence electrons. The molecule has 1 atom stereocenters. The maximum absolute atomic E-state index is 12.6. The van der Waals surface area contributed by atoms with E-state index < -0.39 is 0 Å². The minimum absolute atomic E-state index is 0.265. The first-order chi connectivity index (χ1) is 13.7. The summed E-state index contributed by atoms with van der Waals surface area (Å²) in [6.45, 7) is 1.91. The van der Waals surface area contributed by atoms with Crippen LogP contribution in [0, 0.1) is 0 Å². The number of carbonyl (C=O) groups is 1. The lowest BCUT2D eigenvalue weighted by Crippen LogP contribution is -2.31. The Morgan fingerprint density at radius 1 is 1.39 bits per heavy atom. The van der Waals surface area contributed by atoms with E-state index in [0.717, 1.165) is 25.9 Å². The fraction of sp³-hybridized carbons (Fsp3) is 0.389. The average Bonchev–Trinajstić information content (AvgIpc) is 3.35. The Morgan fingerprint density at radius 2 is 2.29 bits per heavy atom. The highest BCUT2D eigenvalue weighted by Gasteiger charge is 2.21. The summed E-state index contributed by atoms with van der Waals surface area (Å²) in [5, 5.41) is 18.6. The van der Waals surface area contributed by atoms with Gasteiger partial charge in [-0.1, -0.05) is 6.07 Å². The molecule has 0 unspecified atom stereocenters. The normalized spacial score (nSPS) is 16.7. The molecule has 0 radical (unpaired) electrons. The van der Waals surface area contributed by atoms with E-state index in [1.54, 1.807) is 25.6 Å². The standard InChI is InChI=1S/C18H22N8O2/c1-25-10-13(18(24-25)28-2)17(27)22-15-7-3-6-14(21-15)16-23-20-11-26(16)12-5-4-8-19-9-12/h3,6-7,10-12,19H,4-5,8-9H2,1-2H3,(H,21,22,27)/t12-/m0/s1. The summed E-state index contributed by atoms with van der Waals surface area (Å²) in [7, 11) is 3.20. The predicted octanol–water partition coefficient (Wildman–Crippen LogP) is 1.26. The Morgan fingerprint density at radius 3 is 3.07 bits per heavy atom. The molecule has 2 N–H and O–H groups in total. The molecular weight excluding hydrogens is 360 g/mol. The van der Waals surface area contributed by atoms with Crippen LogP contribution in [0.15, 0.2) is 30.7 Å². The second-order valence-corrected chi connectivity index (χ2v) is 6.65. The molecule has 1 aliphatic rings. The van der Waals surface area contributed by atoms with Gasteiger partial charge < -0.3 is 19.9 Å². The number of carbonyl (C=O) groups excluding carboxylic acids is 1. The second kappa shape index (κ2) is 7.77. The van der Waals surface area contributed by atoms with Crippen molar-refractivity contribution in [2.75, 3.05) is 25.5 Å². The quantitative estimate of drug-likeness (QED) is 0.683. The zero-order valence-corrected chi connectivity index (χ0v) is 15.8. The molecule has 0 aliphatic carbocycles. The molecule has 0 aromatic carbocycles. The van der Waals surface area contributed by atoms with Gasteiger partial charge in [0.25, 0.3) is 5.91 Å². The summed E-state index contributed by atoms with van der Waals surface area (Å²) in [6.07, 6.45) is 5.51. The number of nitrogens with zero attached hydrogens (tertiary/aromatic N) is 6. The molecule has 1 amide bonds. The maximum Gasteiger partial charge on any atom is 0.263 e. The summed E-state index contributed by atoms with van der Waals surface area (Å²) >= 11 is 0. The van der Waals surface area contributed by atoms with E-state index in [-0.39, 0.29) is 11.8 Å². The van der Waals surface area contributed by atoms with Gasteiger partial charge in [0.2, 0.25) is 5.88 Å². The average molecular weight is 382 g/mol. The van der Waals surface area contributed by atoms with Gasteiger partial charge in [-0.25, -0.2) is 4.98 Å². The van der Waals surface area contributed by atoms with Gasteiger partial charge in [-0.15, -0.1) is 15.3 Å². The van der Waals surface area contributed by atoms with Crippen molar-refractivity contribution in [1.29, 1.82) is 0 Å². The number of pyridine rings is 1. The third-order valence-corrected chi connectivity index (χ3v) is 4.69. The van der Waals surface area contributed by atoms with Crippen LogP contribution in [0.25, 0.3) is 11.5 Å². The number of aromatic nitrogens is 6. The van der Waals surface area contributed by atoms with E-state index >= 15 is 0 Å². The van der Waals surface area contributed by atoms with Crippen LogP contribution in [0.5, 0.6) is 5.88 Å². The van der Waals surface area contributed by atoms with Gasteiger partial charge in [0.15, 0.2) is 5.82 Å². The van der Waals surface area contributed by atoms with Gasteiger partial charge in [-0.2, -0.15) is 0 Å². The molecular formula is C18H22N8O2. The largest absolute Gasteiger partial charge is 0.479 e. The SMILES string of the molecule is COc1nn(C)cc1C(=O)Nc1cccc(-c2nncn2[C@H]2CCCNC2)n1. The number of nitrogens with one attached hydrogen (secondary N) is 2. The van der Waals surface area contributed by atoms with E-state index in [4.69, 9.17) is 4.74 Å². The smallest absolute Gasteiger partial charge is 0.263 e. The Balaban J connectivity index is 1.57. The Labute approximate surface area is 161 Å². The first kappa shape index (κ1) is 18.1. The zero-order valence-electron chi connectivity index (χ0n) is 15.8. The van der Waals surface area contributed by atoms with Crippen molar-refractivity contribution in [2.24, 2.45) is 7.05 Å². The molecule has 1 fully saturated rings. The second-order valence-electron chi connectivity index (χ2n) is 6.65. The monoisotopic (exact) mass is 382 g/mol. The highest BCUT2D eigenvalue weighted by molar-refractivity contribution is 6.05. The van der Waals surface area contributed by atoms with Crippen molar-refractivity contribution in [3.05, 3.63) is 36.3 Å². The first-order valence-corrected chi connectivity index (χ1v) is 9.12. The molecule has 3 aromatic rings. The highest BCUT2D eigenvalue weighted by Crippen LogP contribution is 2.24. The number of anilines is 1. The molecule has 4 rings (SSSR count). The Hall–Kier alpha value is -3.27. The fourth-order valence-electron chi connectivity index (χ4n) is 3.35. The maximum atomic E-state index is 12.6. The molecule has 0 saturated carbocycles. The molecule has 0 bridgehead atoms. The van der Waals surface area contributed by atoms with Gasteiger partial charge >= 0.3 is 0 Å². The van der Waals surface area contributed by atoms with E-state index in [1.165, 1.54) is 11.8 Å². The van der Waals surface area contributed by atoms with Crippen molar-refractivity contribution >= 4 is 11.7 Å². The minimum Gasteiger partial charge on any atom is -0.479 e. The molecule has 4 heterocycles. The van der Waals surface area contributed by atoms with Gasteiger partial charge in [-0.05, 0) is 31.5 Å². The predicted molar refractivity (Wildman–Crippen MR) is 102 cm³/mol. The van der Waals surface area contributed by atoms with Gasteiger partial charge in [0, 0.05) is 25.8 Å². The first-order valence-electron chi connectivity index (χ1n) is 9.12. The van der Waals surface area contributed by atoms with E-state index in [1.807, 2.05) is 16.7 Å². The van der Waals surface area contributed by atoms with Gasteiger partial charge in [0.05, 0.1) is 7.11 Å². The zero-order chi connectivity index (χ0) is 19.5. The summed E-state index contributed by atoms with van der Waals surface area (Å²) in [5.74, 6) is 1.03. The molecule has 3 aromatic heterocycles. The number of amides is 1. The summed E-state index contributed by atoms with van der Waals surface area (Å²) in [5.41, 5.74) is 0.993. The number of rotatable bonds is 5. The van der Waals surface area contributed by atoms with Crippen LogP contribution in [0.4, 0.5) is 5.82 Å². The van der Waals surface area contributed by atoms with Crippen molar-refractivity contribution in [2.45, 2.75) is 18.9 Å². The van der Waals surface area contributed by atoms with Crippen molar-refractivity contribution < 1.29 is 9.53 Å². The lowest BCUT2D eigenvalue weighted by atomic mass is 10.1. The molecule has 1 saturated heterocycles. The fourth-order valence-corrected chi connectivity index (χ4v) is 3.35. The number of hydrogen-bond donors (Lipinski definition) is 2. The van der Waals surface area contributed by atoms with Crippen LogP contribution < -0.4 is 15.4 Å². The molecule has 10 nitrogen and oxygen atoms in total. The summed E-state index contributed by atoms with van der Waals surface area (Å²) in [6, 6.07) is 5.71. The Kier molecular flexibility index (Phi) is 5.02. The lowest BCUT2D eigenvalue weighted by Gasteiger charge is -2.24. The topological polar surface area (TPSA) is 112 Å². The molecule has 0 spiro atoms. The highest BCUT2D eigenvalue weighted by atomic mass is 16.5. The van der Waals surface area contributed by atoms with Crippen molar-refractivity contribution in [3.8, 4) is 17.4 Å². The van der Waals surface area contributed by atoms with Crippen LogP contribution in [0.3, 0.4) is 0 Å². The van der Waals surface area contributed by atoms with Crippen molar-refractivity contribution in [3.63, 3.8) is 0 Å². The molecule has 1 aliphatic heterocycles. The Bertz CT molecular complexity index is 974. The number of ether oxygens (including phenoxy) is 1. The van der Waals surface area contributed by atoms with Crippen LogP contribution >= 0.6 is 0 Å². The van der Waals surface area contributed by atoms with E-state index in [0.29, 0.717) is 28.9 Å². The summed E-state index contributed by atoms with van der Waals surface area (Å²) in [4.78, 5) is 17.1. The lowest BCUT2D eigenvalue weighted by molar-refractivity contribution is 0.102. The van der Waals surface area contributed by atoms with Crippen LogP contribution in [-0.4, -0.2) is 55.6 Å². The number of hydrogen-bond acceptors (Lipinski definition) is 7. The summed E-state index contributed by atoms with van der Waals surface area (Å²) < 4.78 is 8.72.